The standard InChI is InChI=1S/C6H6ClN3O2/c1-12-6(11)5-9-3(7)2-4(8)10-5/h2H,1H3,(H2,8,9,10). The van der Waals surface area contributed by atoms with Crippen LogP contribution in [0.2, 0.25) is 5.15 Å². The van der Waals surface area contributed by atoms with Crippen molar-refractivity contribution in [1.29, 1.82) is 0 Å². The molecule has 1 heterocycles. The van der Waals surface area contributed by atoms with Crippen LogP contribution in [0, 0.1) is 0 Å². The third-order valence-corrected chi connectivity index (χ3v) is 1.28. The van der Waals surface area contributed by atoms with Crippen molar-refractivity contribution in [3.63, 3.8) is 0 Å². The average molecular weight is 188 g/mol. The second-order valence-electron chi connectivity index (χ2n) is 1.93. The van der Waals surface area contributed by atoms with E-state index in [4.69, 9.17) is 17.3 Å². The summed E-state index contributed by atoms with van der Waals surface area (Å²) >= 11 is 5.51. The first-order valence-electron chi connectivity index (χ1n) is 3.02. The zero-order chi connectivity index (χ0) is 9.14. The third-order valence-electron chi connectivity index (χ3n) is 1.08. The number of carbonyl (C=O) groups excluding carboxylic acids is 1. The van der Waals surface area contributed by atoms with Gasteiger partial charge in [0.1, 0.15) is 11.0 Å². The van der Waals surface area contributed by atoms with Gasteiger partial charge in [0.25, 0.3) is 0 Å². The number of rotatable bonds is 1. The largest absolute Gasteiger partial charge is 0.463 e. The van der Waals surface area contributed by atoms with Crippen LogP contribution in [0.1, 0.15) is 10.6 Å². The molecule has 64 valence electrons. The van der Waals surface area contributed by atoms with E-state index in [-0.39, 0.29) is 16.8 Å². The SMILES string of the molecule is COC(=O)c1nc(N)cc(Cl)n1. The molecule has 0 radical (unpaired) electrons. The molecule has 0 unspecified atom stereocenters. The van der Waals surface area contributed by atoms with Gasteiger partial charge in [-0.25, -0.2) is 14.8 Å². The molecule has 0 amide bonds. The second-order valence-corrected chi connectivity index (χ2v) is 2.32. The van der Waals surface area contributed by atoms with Gasteiger partial charge < -0.3 is 10.5 Å². The highest BCUT2D eigenvalue weighted by Gasteiger charge is 2.10. The molecular formula is C6H6ClN3O2. The van der Waals surface area contributed by atoms with Crippen molar-refractivity contribution in [2.45, 2.75) is 0 Å². The lowest BCUT2D eigenvalue weighted by atomic mass is 10.5. The normalized spacial score (nSPS) is 9.50. The van der Waals surface area contributed by atoms with Crippen molar-refractivity contribution in [2.24, 2.45) is 0 Å². The molecule has 0 aromatic carbocycles. The van der Waals surface area contributed by atoms with E-state index < -0.39 is 5.97 Å². The van der Waals surface area contributed by atoms with E-state index in [0.29, 0.717) is 0 Å². The van der Waals surface area contributed by atoms with Gasteiger partial charge in [-0.2, -0.15) is 0 Å². The molecule has 0 bridgehead atoms. The van der Waals surface area contributed by atoms with Crippen LogP contribution in [0.4, 0.5) is 5.82 Å². The Bertz CT molecular complexity index is 295. The van der Waals surface area contributed by atoms with E-state index in [2.05, 4.69) is 14.7 Å². The summed E-state index contributed by atoms with van der Waals surface area (Å²) < 4.78 is 4.37. The van der Waals surface area contributed by atoms with Crippen molar-refractivity contribution in [3.8, 4) is 0 Å². The van der Waals surface area contributed by atoms with Crippen LogP contribution in [0.25, 0.3) is 0 Å². The first-order chi connectivity index (χ1) is 5.63. The van der Waals surface area contributed by atoms with Crippen molar-refractivity contribution in [1.82, 2.24) is 9.97 Å². The maximum absolute atomic E-state index is 10.9. The smallest absolute Gasteiger partial charge is 0.376 e. The molecule has 0 saturated heterocycles. The van der Waals surface area contributed by atoms with Gasteiger partial charge >= 0.3 is 5.97 Å². The Kier molecular flexibility index (Phi) is 2.44. The average Bonchev–Trinajstić information content (AvgIpc) is 2.01. The maximum atomic E-state index is 10.9. The molecule has 1 rings (SSSR count). The minimum Gasteiger partial charge on any atom is -0.463 e. The lowest BCUT2D eigenvalue weighted by Crippen LogP contribution is -2.08. The van der Waals surface area contributed by atoms with Crippen LogP contribution >= 0.6 is 11.6 Å². The monoisotopic (exact) mass is 187 g/mol. The fourth-order valence-electron chi connectivity index (χ4n) is 0.618. The maximum Gasteiger partial charge on any atom is 0.376 e. The minimum atomic E-state index is -0.663. The van der Waals surface area contributed by atoms with E-state index >= 15 is 0 Å². The Morgan fingerprint density at radius 3 is 2.83 bits per heavy atom. The summed E-state index contributed by atoms with van der Waals surface area (Å²) in [6.45, 7) is 0. The second kappa shape index (κ2) is 3.36. The molecule has 0 fully saturated rings. The van der Waals surface area contributed by atoms with Crippen LogP contribution in [0.5, 0.6) is 0 Å². The van der Waals surface area contributed by atoms with Crippen molar-refractivity contribution < 1.29 is 9.53 Å². The quantitative estimate of drug-likeness (QED) is 0.512. The van der Waals surface area contributed by atoms with Gasteiger partial charge in [-0.1, -0.05) is 11.6 Å². The summed E-state index contributed by atoms with van der Waals surface area (Å²) in [6, 6.07) is 1.34. The predicted molar refractivity (Wildman–Crippen MR) is 42.8 cm³/mol. The highest BCUT2D eigenvalue weighted by molar-refractivity contribution is 6.29. The van der Waals surface area contributed by atoms with E-state index in [1.807, 2.05) is 0 Å². The molecule has 2 N–H and O–H groups in total. The number of anilines is 1. The molecule has 12 heavy (non-hydrogen) atoms. The molecular weight excluding hydrogens is 182 g/mol. The minimum absolute atomic E-state index is 0.114. The van der Waals surface area contributed by atoms with E-state index in [1.54, 1.807) is 0 Å². The van der Waals surface area contributed by atoms with Crippen molar-refractivity contribution >= 4 is 23.4 Å². The Morgan fingerprint density at radius 1 is 1.67 bits per heavy atom. The summed E-state index contributed by atoms with van der Waals surface area (Å²) in [4.78, 5) is 18.1. The van der Waals surface area contributed by atoms with Crippen LogP contribution in [-0.4, -0.2) is 23.0 Å². The number of ether oxygens (including phenoxy) is 1. The molecule has 1 aromatic rings. The van der Waals surface area contributed by atoms with Gasteiger partial charge in [-0.15, -0.1) is 0 Å². The van der Waals surface area contributed by atoms with E-state index in [0.717, 1.165) is 0 Å². The number of nitrogen functional groups attached to an aromatic ring is 1. The Labute approximate surface area is 73.5 Å². The summed E-state index contributed by atoms with van der Waals surface area (Å²) in [5.74, 6) is -0.665. The number of carbonyl (C=O) groups is 1. The van der Waals surface area contributed by atoms with Gasteiger partial charge in [-0.3, -0.25) is 0 Å². The van der Waals surface area contributed by atoms with Gasteiger partial charge in [-0.05, 0) is 0 Å². The highest BCUT2D eigenvalue weighted by Crippen LogP contribution is 2.08. The van der Waals surface area contributed by atoms with Crippen LogP contribution in [0.15, 0.2) is 6.07 Å². The molecule has 1 aromatic heterocycles. The summed E-state index contributed by atoms with van der Waals surface area (Å²) in [5.41, 5.74) is 5.31. The van der Waals surface area contributed by atoms with E-state index in [1.165, 1.54) is 13.2 Å². The third kappa shape index (κ3) is 1.82. The van der Waals surface area contributed by atoms with Gasteiger partial charge in [0.2, 0.25) is 5.82 Å². The summed E-state index contributed by atoms with van der Waals surface area (Å²) in [7, 11) is 1.22. The van der Waals surface area contributed by atoms with Crippen molar-refractivity contribution in [2.75, 3.05) is 12.8 Å². The number of hydrogen-bond donors (Lipinski definition) is 1. The zero-order valence-corrected chi connectivity index (χ0v) is 7.00. The molecule has 0 aliphatic carbocycles. The number of halogens is 1. The first-order valence-corrected chi connectivity index (χ1v) is 3.39. The summed E-state index contributed by atoms with van der Waals surface area (Å²) in [6.07, 6.45) is 0. The molecule has 0 spiro atoms. The number of nitrogens with two attached hydrogens (primary N) is 1. The summed E-state index contributed by atoms with van der Waals surface area (Å²) in [5, 5.41) is 0.114. The van der Waals surface area contributed by atoms with Crippen LogP contribution < -0.4 is 5.73 Å². The van der Waals surface area contributed by atoms with Crippen LogP contribution in [0.3, 0.4) is 0 Å². The van der Waals surface area contributed by atoms with Crippen molar-refractivity contribution in [3.05, 3.63) is 17.0 Å². The Morgan fingerprint density at radius 2 is 2.33 bits per heavy atom. The highest BCUT2D eigenvalue weighted by atomic mass is 35.5. The predicted octanol–water partition coefficient (Wildman–Crippen LogP) is 0.499. The van der Waals surface area contributed by atoms with E-state index in [9.17, 15) is 4.79 Å². The molecule has 0 aliphatic rings. The number of hydrogen-bond acceptors (Lipinski definition) is 5. The number of nitrogens with zero attached hydrogens (tertiary/aromatic N) is 2. The first kappa shape index (κ1) is 8.73. The van der Waals surface area contributed by atoms with Gasteiger partial charge in [0.05, 0.1) is 7.11 Å². The zero-order valence-electron chi connectivity index (χ0n) is 6.24. The Balaban J connectivity index is 3.08. The lowest BCUT2D eigenvalue weighted by molar-refractivity contribution is 0.0587. The van der Waals surface area contributed by atoms with Gasteiger partial charge in [0, 0.05) is 6.07 Å². The molecule has 0 aliphatic heterocycles. The molecule has 0 saturated carbocycles. The van der Waals surface area contributed by atoms with Gasteiger partial charge in [0.15, 0.2) is 0 Å². The van der Waals surface area contributed by atoms with Crippen LogP contribution in [-0.2, 0) is 4.74 Å². The fraction of sp³-hybridized carbons (Fsp3) is 0.167. The number of esters is 1. The Hall–Kier alpha value is -1.36. The lowest BCUT2D eigenvalue weighted by Gasteiger charge is -1.98. The molecule has 5 nitrogen and oxygen atoms in total. The topological polar surface area (TPSA) is 78.1 Å². The fourth-order valence-corrected chi connectivity index (χ4v) is 0.809. The molecule has 0 atom stereocenters. The molecule has 6 heteroatoms. The number of methoxy groups -OCH3 is 1. The number of aromatic nitrogens is 2.